The molecule has 1 aromatic carbocycles. The van der Waals surface area contributed by atoms with Crippen LogP contribution in [0.3, 0.4) is 0 Å². The lowest BCUT2D eigenvalue weighted by molar-refractivity contribution is -0.121. The molecule has 2 fully saturated rings. The maximum Gasteiger partial charge on any atom is 0.319 e. The van der Waals surface area contributed by atoms with Crippen LogP contribution in [0.15, 0.2) is 29.2 Å². The number of hydrogen-bond acceptors (Lipinski definition) is 4. The van der Waals surface area contributed by atoms with Gasteiger partial charge in [0.05, 0.1) is 4.90 Å². The second-order valence-electron chi connectivity index (χ2n) is 7.92. The molecule has 1 aromatic rings. The van der Waals surface area contributed by atoms with E-state index in [2.05, 4.69) is 5.32 Å². The number of rotatable bonds is 4. The van der Waals surface area contributed by atoms with E-state index in [0.717, 1.165) is 19.3 Å². The first kappa shape index (κ1) is 21.6. The third kappa shape index (κ3) is 5.08. The average Bonchev–Trinajstić information content (AvgIpc) is 2.74. The number of benzene rings is 1. The number of carbonyl (C=O) groups excluding carboxylic acids is 2. The van der Waals surface area contributed by atoms with E-state index in [-0.39, 0.29) is 22.8 Å². The summed E-state index contributed by atoms with van der Waals surface area (Å²) in [6.07, 6.45) is 4.09. The maximum atomic E-state index is 12.7. The Balaban J connectivity index is 1.56. The number of nitrogens with one attached hydrogen (secondary N) is 1. The molecule has 0 saturated carbocycles. The molecule has 2 aliphatic rings. The van der Waals surface area contributed by atoms with E-state index in [1.807, 2.05) is 0 Å². The molecule has 0 spiro atoms. The van der Waals surface area contributed by atoms with Crippen molar-refractivity contribution in [3.8, 4) is 0 Å². The van der Waals surface area contributed by atoms with Crippen LogP contribution in [0.4, 0.5) is 10.5 Å². The number of piperidine rings is 2. The van der Waals surface area contributed by atoms with Gasteiger partial charge in [0.1, 0.15) is 0 Å². The molecule has 3 rings (SSSR count). The predicted octanol–water partition coefficient (Wildman–Crippen LogP) is 2.19. The zero-order valence-electron chi connectivity index (χ0n) is 17.1. The van der Waals surface area contributed by atoms with Crippen molar-refractivity contribution in [1.82, 2.24) is 14.1 Å². The number of carbonyl (C=O) groups is 2. The van der Waals surface area contributed by atoms with Crippen molar-refractivity contribution in [1.29, 1.82) is 0 Å². The number of likely N-dealkylation sites (tertiary alicyclic amines) is 1. The van der Waals surface area contributed by atoms with Gasteiger partial charge in [-0.15, -0.1) is 0 Å². The molecule has 0 radical (unpaired) electrons. The molecule has 0 bridgehead atoms. The number of hydrogen-bond donors (Lipinski definition) is 1. The van der Waals surface area contributed by atoms with Gasteiger partial charge >= 0.3 is 6.03 Å². The van der Waals surface area contributed by atoms with Crippen molar-refractivity contribution < 1.29 is 18.0 Å². The molecule has 160 valence electrons. The Morgan fingerprint density at radius 1 is 0.966 bits per heavy atom. The van der Waals surface area contributed by atoms with Gasteiger partial charge in [0.15, 0.2) is 0 Å². The van der Waals surface area contributed by atoms with Crippen molar-refractivity contribution in [2.75, 3.05) is 45.6 Å². The molecule has 2 heterocycles. The fraction of sp³-hybridized carbons (Fsp3) is 0.600. The van der Waals surface area contributed by atoms with E-state index >= 15 is 0 Å². The van der Waals surface area contributed by atoms with Crippen LogP contribution in [0.5, 0.6) is 0 Å². The average molecular weight is 423 g/mol. The fourth-order valence-corrected chi connectivity index (χ4v) is 5.34. The van der Waals surface area contributed by atoms with Crippen LogP contribution < -0.4 is 5.32 Å². The van der Waals surface area contributed by atoms with Gasteiger partial charge in [-0.25, -0.2) is 13.2 Å². The third-order valence-electron chi connectivity index (χ3n) is 5.59. The molecule has 9 heteroatoms. The Hall–Kier alpha value is -2.13. The van der Waals surface area contributed by atoms with E-state index in [9.17, 15) is 18.0 Å². The Morgan fingerprint density at radius 3 is 2.10 bits per heavy atom. The maximum absolute atomic E-state index is 12.7. The number of urea groups is 1. The first-order valence-corrected chi connectivity index (χ1v) is 11.6. The molecule has 1 N–H and O–H groups in total. The highest BCUT2D eigenvalue weighted by molar-refractivity contribution is 7.89. The first-order valence-electron chi connectivity index (χ1n) is 10.2. The van der Waals surface area contributed by atoms with Crippen molar-refractivity contribution >= 4 is 27.6 Å². The fourth-order valence-electron chi connectivity index (χ4n) is 3.82. The van der Waals surface area contributed by atoms with E-state index in [1.165, 1.54) is 4.31 Å². The summed E-state index contributed by atoms with van der Waals surface area (Å²) in [5.74, 6) is -0.244. The normalized spacial score (nSPS) is 19.0. The lowest BCUT2D eigenvalue weighted by Gasteiger charge is -2.33. The summed E-state index contributed by atoms with van der Waals surface area (Å²) in [6.45, 7) is 2.25. The largest absolute Gasteiger partial charge is 0.331 e. The van der Waals surface area contributed by atoms with Gasteiger partial charge in [-0.1, -0.05) is 6.42 Å². The van der Waals surface area contributed by atoms with Crippen LogP contribution in [0.25, 0.3) is 0 Å². The van der Waals surface area contributed by atoms with Crippen molar-refractivity contribution in [2.45, 2.75) is 37.0 Å². The van der Waals surface area contributed by atoms with Crippen LogP contribution in [0, 0.1) is 5.92 Å². The zero-order valence-corrected chi connectivity index (χ0v) is 18.0. The van der Waals surface area contributed by atoms with Crippen LogP contribution in [-0.4, -0.2) is 74.7 Å². The van der Waals surface area contributed by atoms with Gasteiger partial charge in [0.2, 0.25) is 15.9 Å². The van der Waals surface area contributed by atoms with Crippen LogP contribution in [-0.2, 0) is 14.8 Å². The van der Waals surface area contributed by atoms with Gasteiger partial charge < -0.3 is 15.1 Å². The predicted molar refractivity (Wildman–Crippen MR) is 111 cm³/mol. The second-order valence-corrected chi connectivity index (χ2v) is 9.85. The minimum atomic E-state index is -3.47. The second kappa shape index (κ2) is 9.13. The van der Waals surface area contributed by atoms with Crippen molar-refractivity contribution in [2.24, 2.45) is 5.92 Å². The van der Waals surface area contributed by atoms with Gasteiger partial charge in [0, 0.05) is 51.9 Å². The molecule has 8 nitrogen and oxygen atoms in total. The molecule has 2 saturated heterocycles. The Morgan fingerprint density at radius 2 is 1.55 bits per heavy atom. The summed E-state index contributed by atoms with van der Waals surface area (Å²) in [5, 5.41) is 2.88. The van der Waals surface area contributed by atoms with Crippen molar-refractivity contribution in [3.63, 3.8) is 0 Å². The van der Waals surface area contributed by atoms with E-state index in [1.54, 1.807) is 48.2 Å². The summed E-state index contributed by atoms with van der Waals surface area (Å²) in [7, 11) is -0.0329. The molecule has 2 aliphatic heterocycles. The van der Waals surface area contributed by atoms with Crippen LogP contribution in [0.2, 0.25) is 0 Å². The standard InChI is InChI=1S/C20H30N4O4S/c1-22(2)20(26)23-14-10-16(11-15-23)19(25)21-17-6-8-18(9-7-17)29(27,28)24-12-4-3-5-13-24/h6-9,16H,3-5,10-15H2,1-2H3,(H,21,25). The lowest BCUT2D eigenvalue weighted by Crippen LogP contribution is -2.45. The highest BCUT2D eigenvalue weighted by atomic mass is 32.2. The van der Waals surface area contributed by atoms with Crippen LogP contribution >= 0.6 is 0 Å². The highest BCUT2D eigenvalue weighted by Gasteiger charge is 2.29. The molecule has 0 aromatic heterocycles. The monoisotopic (exact) mass is 422 g/mol. The van der Waals surface area contributed by atoms with Gasteiger partial charge in [-0.3, -0.25) is 4.79 Å². The smallest absolute Gasteiger partial charge is 0.319 e. The van der Waals surface area contributed by atoms with E-state index in [0.29, 0.717) is 44.7 Å². The Labute approximate surface area is 172 Å². The molecule has 3 amide bonds. The summed E-state index contributed by atoms with van der Waals surface area (Å²) in [4.78, 5) is 28.1. The summed E-state index contributed by atoms with van der Waals surface area (Å²) >= 11 is 0. The molecule has 0 atom stereocenters. The number of amides is 3. The number of sulfonamides is 1. The SMILES string of the molecule is CN(C)C(=O)N1CCC(C(=O)Nc2ccc(S(=O)(=O)N3CCCCC3)cc2)CC1. The van der Waals surface area contributed by atoms with Gasteiger partial charge in [-0.05, 0) is 49.9 Å². The van der Waals surface area contributed by atoms with E-state index in [4.69, 9.17) is 0 Å². The molecule has 29 heavy (non-hydrogen) atoms. The van der Waals surface area contributed by atoms with Crippen molar-refractivity contribution in [3.05, 3.63) is 24.3 Å². The molecular formula is C20H30N4O4S. The summed E-state index contributed by atoms with van der Waals surface area (Å²) < 4.78 is 26.9. The number of anilines is 1. The molecule has 0 unspecified atom stereocenters. The third-order valence-corrected chi connectivity index (χ3v) is 7.51. The summed E-state index contributed by atoms with van der Waals surface area (Å²) in [5.41, 5.74) is 0.583. The molecule has 0 aliphatic carbocycles. The van der Waals surface area contributed by atoms with Gasteiger partial charge in [0.25, 0.3) is 0 Å². The first-order chi connectivity index (χ1) is 13.8. The summed E-state index contributed by atoms with van der Waals surface area (Å²) in [6, 6.07) is 6.35. The quantitative estimate of drug-likeness (QED) is 0.805. The highest BCUT2D eigenvalue weighted by Crippen LogP contribution is 2.23. The van der Waals surface area contributed by atoms with E-state index < -0.39 is 10.0 Å². The Bertz CT molecular complexity index is 825. The minimum Gasteiger partial charge on any atom is -0.331 e. The number of nitrogens with zero attached hydrogens (tertiary/aromatic N) is 3. The zero-order chi connectivity index (χ0) is 21.0. The van der Waals surface area contributed by atoms with Gasteiger partial charge in [-0.2, -0.15) is 4.31 Å². The molecular weight excluding hydrogens is 392 g/mol. The van der Waals surface area contributed by atoms with Crippen LogP contribution in [0.1, 0.15) is 32.1 Å². The topological polar surface area (TPSA) is 90.0 Å². The Kier molecular flexibility index (Phi) is 6.79. The minimum absolute atomic E-state index is 0.0330. The lowest BCUT2D eigenvalue weighted by atomic mass is 9.96.